The van der Waals surface area contributed by atoms with Gasteiger partial charge in [-0.05, 0) is 73.9 Å². The third-order valence-corrected chi connectivity index (χ3v) is 6.56. The lowest BCUT2D eigenvalue weighted by molar-refractivity contribution is -0.117. The van der Waals surface area contributed by atoms with E-state index in [9.17, 15) is 18.0 Å². The second-order valence-corrected chi connectivity index (χ2v) is 9.37. The Balaban J connectivity index is 1.85. The van der Waals surface area contributed by atoms with Crippen LogP contribution in [-0.4, -0.2) is 32.9 Å². The number of nitrogens with two attached hydrogens (primary N) is 1. The van der Waals surface area contributed by atoms with Gasteiger partial charge in [0.15, 0.2) is 0 Å². The Labute approximate surface area is 199 Å². The molecule has 4 N–H and O–H groups in total. The van der Waals surface area contributed by atoms with Gasteiger partial charge < -0.3 is 15.8 Å². The van der Waals surface area contributed by atoms with E-state index in [4.69, 9.17) is 10.5 Å². The summed E-state index contributed by atoms with van der Waals surface area (Å²) >= 11 is 0. The Morgan fingerprint density at radius 2 is 1.68 bits per heavy atom. The fourth-order valence-electron chi connectivity index (χ4n) is 3.35. The standard InChI is InChI=1S/C25H27N3O5S/c1-3-33-23-14-13-21(15-17(23)2)34(31,32)28-22(16-18-7-5-4-6-8-18)25(30)27-20-11-9-19(10-12-20)24(26)29/h4-15,22,28H,3,16H2,1-2H3,(H2,26,29)(H,27,30)/t22-/m1/s1. The highest BCUT2D eigenvalue weighted by atomic mass is 32.2. The van der Waals surface area contributed by atoms with Crippen molar-refractivity contribution in [3.05, 3.63) is 89.5 Å². The van der Waals surface area contributed by atoms with E-state index in [2.05, 4.69) is 10.0 Å². The van der Waals surface area contributed by atoms with E-state index in [-0.39, 0.29) is 11.3 Å². The molecule has 0 heterocycles. The maximum Gasteiger partial charge on any atom is 0.248 e. The highest BCUT2D eigenvalue weighted by Crippen LogP contribution is 2.22. The number of carbonyl (C=O) groups is 2. The molecule has 3 rings (SSSR count). The van der Waals surface area contributed by atoms with Crippen molar-refractivity contribution in [3.8, 4) is 5.75 Å². The zero-order valence-electron chi connectivity index (χ0n) is 18.9. The molecule has 3 aromatic carbocycles. The molecular formula is C25H27N3O5S. The third kappa shape index (κ3) is 6.43. The first-order valence-corrected chi connectivity index (χ1v) is 12.2. The first-order chi connectivity index (χ1) is 16.2. The van der Waals surface area contributed by atoms with Gasteiger partial charge in [-0.3, -0.25) is 9.59 Å². The van der Waals surface area contributed by atoms with Gasteiger partial charge in [-0.2, -0.15) is 4.72 Å². The van der Waals surface area contributed by atoms with Gasteiger partial charge in [0.2, 0.25) is 21.8 Å². The Kier molecular flexibility index (Phi) is 8.04. The number of sulfonamides is 1. The molecular weight excluding hydrogens is 454 g/mol. The Morgan fingerprint density at radius 3 is 2.26 bits per heavy atom. The van der Waals surface area contributed by atoms with Crippen molar-refractivity contribution in [1.29, 1.82) is 0 Å². The maximum atomic E-state index is 13.1. The molecule has 2 amide bonds. The molecule has 3 aromatic rings. The fraction of sp³-hybridized carbons (Fsp3) is 0.200. The quantitative estimate of drug-likeness (QED) is 0.410. The van der Waals surface area contributed by atoms with Crippen molar-refractivity contribution in [1.82, 2.24) is 4.72 Å². The molecule has 0 aromatic heterocycles. The summed E-state index contributed by atoms with van der Waals surface area (Å²) in [7, 11) is -4.02. The molecule has 9 heteroatoms. The van der Waals surface area contributed by atoms with Crippen molar-refractivity contribution < 1.29 is 22.7 Å². The second-order valence-electron chi connectivity index (χ2n) is 7.65. The van der Waals surface area contributed by atoms with Crippen LogP contribution in [0, 0.1) is 6.92 Å². The van der Waals surface area contributed by atoms with Crippen LogP contribution in [0.5, 0.6) is 5.75 Å². The number of rotatable bonds is 10. The Bertz CT molecular complexity index is 1260. The molecule has 0 bridgehead atoms. The van der Waals surface area contributed by atoms with Crippen LogP contribution in [0.4, 0.5) is 5.69 Å². The van der Waals surface area contributed by atoms with E-state index in [1.165, 1.54) is 36.4 Å². The minimum atomic E-state index is -4.02. The minimum Gasteiger partial charge on any atom is -0.494 e. The van der Waals surface area contributed by atoms with Gasteiger partial charge in [0.1, 0.15) is 11.8 Å². The summed E-state index contributed by atoms with van der Waals surface area (Å²) in [6.45, 7) is 4.07. The third-order valence-electron chi connectivity index (χ3n) is 5.09. The van der Waals surface area contributed by atoms with Crippen molar-refractivity contribution in [2.75, 3.05) is 11.9 Å². The van der Waals surface area contributed by atoms with Crippen molar-refractivity contribution in [3.63, 3.8) is 0 Å². The van der Waals surface area contributed by atoms with Crippen molar-refractivity contribution in [2.45, 2.75) is 31.2 Å². The summed E-state index contributed by atoms with van der Waals surface area (Å²) < 4.78 is 34.3. The topological polar surface area (TPSA) is 128 Å². The molecule has 0 aliphatic rings. The number of amides is 2. The number of benzene rings is 3. The van der Waals surface area contributed by atoms with E-state index in [1.807, 2.05) is 37.3 Å². The molecule has 0 spiro atoms. The highest BCUT2D eigenvalue weighted by Gasteiger charge is 2.27. The average Bonchev–Trinajstić information content (AvgIpc) is 2.81. The number of anilines is 1. The van der Waals surface area contributed by atoms with Crippen LogP contribution in [-0.2, 0) is 21.2 Å². The van der Waals surface area contributed by atoms with Crippen LogP contribution >= 0.6 is 0 Å². The fourth-order valence-corrected chi connectivity index (χ4v) is 4.63. The number of primary amides is 1. The van der Waals surface area contributed by atoms with Gasteiger partial charge in [-0.1, -0.05) is 30.3 Å². The molecule has 0 saturated heterocycles. The molecule has 178 valence electrons. The van der Waals surface area contributed by atoms with E-state index in [0.29, 0.717) is 29.2 Å². The van der Waals surface area contributed by atoms with Gasteiger partial charge in [-0.25, -0.2) is 8.42 Å². The molecule has 8 nitrogen and oxygen atoms in total. The summed E-state index contributed by atoms with van der Waals surface area (Å²) in [5, 5.41) is 2.70. The van der Waals surface area contributed by atoms with Gasteiger partial charge >= 0.3 is 0 Å². The number of aryl methyl sites for hydroxylation is 1. The molecule has 0 unspecified atom stereocenters. The Morgan fingerprint density at radius 1 is 1.00 bits per heavy atom. The lowest BCUT2D eigenvalue weighted by atomic mass is 10.1. The number of hydrogen-bond acceptors (Lipinski definition) is 5. The minimum absolute atomic E-state index is 0.0325. The van der Waals surface area contributed by atoms with E-state index in [1.54, 1.807) is 13.0 Å². The largest absolute Gasteiger partial charge is 0.494 e. The van der Waals surface area contributed by atoms with Crippen LogP contribution in [0.1, 0.15) is 28.4 Å². The van der Waals surface area contributed by atoms with Gasteiger partial charge in [-0.15, -0.1) is 0 Å². The number of nitrogens with one attached hydrogen (secondary N) is 2. The monoisotopic (exact) mass is 481 g/mol. The number of hydrogen-bond donors (Lipinski definition) is 3. The first-order valence-electron chi connectivity index (χ1n) is 10.7. The molecule has 0 saturated carbocycles. The van der Waals surface area contributed by atoms with Gasteiger partial charge in [0.05, 0.1) is 11.5 Å². The number of carbonyl (C=O) groups excluding carboxylic acids is 2. The maximum absolute atomic E-state index is 13.1. The number of ether oxygens (including phenoxy) is 1. The normalized spacial score (nSPS) is 12.1. The molecule has 0 aliphatic carbocycles. The summed E-state index contributed by atoms with van der Waals surface area (Å²) in [5.41, 5.74) is 7.41. The second kappa shape index (κ2) is 11.0. The van der Waals surface area contributed by atoms with Crippen LogP contribution in [0.2, 0.25) is 0 Å². The Hall–Kier alpha value is -3.69. The van der Waals surface area contributed by atoms with Crippen LogP contribution in [0.25, 0.3) is 0 Å². The lowest BCUT2D eigenvalue weighted by Gasteiger charge is -2.19. The van der Waals surface area contributed by atoms with Crippen LogP contribution < -0.4 is 20.5 Å². The molecule has 0 aliphatic heterocycles. The zero-order valence-corrected chi connectivity index (χ0v) is 19.8. The smallest absolute Gasteiger partial charge is 0.248 e. The van der Waals surface area contributed by atoms with Crippen LogP contribution in [0.15, 0.2) is 77.7 Å². The lowest BCUT2D eigenvalue weighted by Crippen LogP contribution is -2.45. The predicted molar refractivity (Wildman–Crippen MR) is 130 cm³/mol. The van der Waals surface area contributed by atoms with Gasteiger partial charge in [0.25, 0.3) is 0 Å². The molecule has 1 atom stereocenters. The van der Waals surface area contributed by atoms with E-state index >= 15 is 0 Å². The van der Waals surface area contributed by atoms with Gasteiger partial charge in [0, 0.05) is 11.3 Å². The zero-order chi connectivity index (χ0) is 24.7. The van der Waals surface area contributed by atoms with E-state index in [0.717, 1.165) is 5.56 Å². The highest BCUT2D eigenvalue weighted by molar-refractivity contribution is 7.89. The van der Waals surface area contributed by atoms with E-state index < -0.39 is 27.9 Å². The average molecular weight is 482 g/mol. The molecule has 0 fully saturated rings. The molecule has 0 radical (unpaired) electrons. The van der Waals surface area contributed by atoms with Crippen molar-refractivity contribution in [2.24, 2.45) is 5.73 Å². The van der Waals surface area contributed by atoms with Crippen LogP contribution in [0.3, 0.4) is 0 Å². The SMILES string of the molecule is CCOc1ccc(S(=O)(=O)N[C@H](Cc2ccccc2)C(=O)Nc2ccc(C(N)=O)cc2)cc1C. The summed E-state index contributed by atoms with van der Waals surface area (Å²) in [6.07, 6.45) is 0.140. The summed E-state index contributed by atoms with van der Waals surface area (Å²) in [6, 6.07) is 18.6. The summed E-state index contributed by atoms with van der Waals surface area (Å²) in [4.78, 5) is 24.4. The van der Waals surface area contributed by atoms with Crippen molar-refractivity contribution >= 4 is 27.5 Å². The predicted octanol–water partition coefficient (Wildman–Crippen LogP) is 3.02. The molecule has 34 heavy (non-hydrogen) atoms. The summed E-state index contributed by atoms with van der Waals surface area (Å²) in [5.74, 6) is -0.528. The first kappa shape index (κ1) is 24.9.